The highest BCUT2D eigenvalue weighted by atomic mass is 35.5. The van der Waals surface area contributed by atoms with Crippen LogP contribution >= 0.6 is 23.2 Å². The Morgan fingerprint density at radius 2 is 2.06 bits per heavy atom. The third-order valence-corrected chi connectivity index (χ3v) is 6.61. The molecule has 0 saturated carbocycles. The molecule has 0 unspecified atom stereocenters. The first-order valence-electron chi connectivity index (χ1n) is 10.8. The molecule has 33 heavy (non-hydrogen) atoms. The zero-order valence-corrected chi connectivity index (χ0v) is 19.7. The molecule has 3 aromatic rings. The number of nitrogens with one attached hydrogen (secondary N) is 2. The highest BCUT2D eigenvalue weighted by Crippen LogP contribution is 2.37. The number of hydrogen-bond acceptors (Lipinski definition) is 4. The van der Waals surface area contributed by atoms with Gasteiger partial charge in [0, 0.05) is 22.3 Å². The molecule has 4 rings (SSSR count). The smallest absolute Gasteiger partial charge is 0.256 e. The molecule has 4 N–H and O–H groups in total. The molecule has 0 saturated heterocycles. The molecule has 1 aliphatic rings. The number of H-pyrrole nitrogens is 1. The number of hydrogen-bond donors (Lipinski definition) is 3. The number of anilines is 1. The molecule has 2 aromatic carbocycles. The van der Waals surface area contributed by atoms with Crippen molar-refractivity contribution < 1.29 is 9.18 Å². The summed E-state index contributed by atoms with van der Waals surface area (Å²) in [6.45, 7) is 2.86. The summed E-state index contributed by atoms with van der Waals surface area (Å²) in [6, 6.07) is 7.91. The van der Waals surface area contributed by atoms with Crippen LogP contribution < -0.4 is 16.6 Å². The predicted molar refractivity (Wildman–Crippen MR) is 131 cm³/mol. The largest absolute Gasteiger partial charge is 0.374 e. The van der Waals surface area contributed by atoms with E-state index in [2.05, 4.69) is 10.3 Å². The van der Waals surface area contributed by atoms with Gasteiger partial charge in [-0.3, -0.25) is 9.59 Å². The number of nitrogens with two attached hydrogens (primary N) is 1. The van der Waals surface area contributed by atoms with Crippen LogP contribution in [0.25, 0.3) is 10.8 Å². The summed E-state index contributed by atoms with van der Waals surface area (Å²) in [5, 5.41) is 4.87. The molecule has 174 valence electrons. The van der Waals surface area contributed by atoms with Crippen molar-refractivity contribution in [1.29, 1.82) is 0 Å². The Kier molecular flexibility index (Phi) is 6.93. The quantitative estimate of drug-likeness (QED) is 0.476. The molecule has 6 nitrogen and oxygen atoms in total. The molecular formula is C24H25Cl2FN4O2. The Labute approximate surface area is 200 Å². The standard InChI is InChI=1S/C24H25Cl2FN4O2/c1-13-23-14(7-16(25)10-19(23)26)4-6-31(13)22(32)12-29-21-9-15-8-17(3-2-5-28)30-24(33)18(15)11-20(21)27/h7-11,13,29H,2-6,12,28H2,1H3,(H,30,33)/t13-/m0/s1. The Morgan fingerprint density at radius 1 is 1.27 bits per heavy atom. The molecule has 0 fully saturated rings. The summed E-state index contributed by atoms with van der Waals surface area (Å²) < 4.78 is 14.7. The van der Waals surface area contributed by atoms with Gasteiger partial charge in [-0.1, -0.05) is 23.2 Å². The first-order chi connectivity index (χ1) is 15.8. The summed E-state index contributed by atoms with van der Waals surface area (Å²) in [6.07, 6.45) is 2.00. The molecular weight excluding hydrogens is 466 g/mol. The van der Waals surface area contributed by atoms with E-state index in [0.717, 1.165) is 23.2 Å². The Morgan fingerprint density at radius 3 is 2.82 bits per heavy atom. The van der Waals surface area contributed by atoms with E-state index in [1.54, 1.807) is 17.0 Å². The van der Waals surface area contributed by atoms with Gasteiger partial charge in [-0.25, -0.2) is 4.39 Å². The Hall–Kier alpha value is -2.61. The number of aromatic nitrogens is 1. The van der Waals surface area contributed by atoms with E-state index >= 15 is 0 Å². The molecule has 1 aliphatic heterocycles. The van der Waals surface area contributed by atoms with Crippen LogP contribution in [0, 0.1) is 5.82 Å². The van der Waals surface area contributed by atoms with Crippen LogP contribution in [-0.4, -0.2) is 35.4 Å². The number of rotatable bonds is 6. The summed E-state index contributed by atoms with van der Waals surface area (Å²) in [5.74, 6) is -0.765. The number of carbonyl (C=O) groups excluding carboxylic acids is 1. The molecule has 9 heteroatoms. The van der Waals surface area contributed by atoms with Gasteiger partial charge in [-0.2, -0.15) is 0 Å². The van der Waals surface area contributed by atoms with Gasteiger partial charge >= 0.3 is 0 Å². The Bertz CT molecular complexity index is 1280. The third-order valence-electron chi connectivity index (χ3n) is 6.08. The van der Waals surface area contributed by atoms with Gasteiger partial charge in [0.1, 0.15) is 5.82 Å². The summed E-state index contributed by atoms with van der Waals surface area (Å²) in [7, 11) is 0. The van der Waals surface area contributed by atoms with E-state index in [9.17, 15) is 14.0 Å². The lowest BCUT2D eigenvalue weighted by Gasteiger charge is -2.36. The molecule has 1 aromatic heterocycles. The summed E-state index contributed by atoms with van der Waals surface area (Å²) in [4.78, 5) is 29.8. The molecule has 0 aliphatic carbocycles. The minimum absolute atomic E-state index is 0.0868. The van der Waals surface area contributed by atoms with Crippen molar-refractivity contribution >= 4 is 45.6 Å². The van der Waals surface area contributed by atoms with E-state index in [1.807, 2.05) is 19.1 Å². The molecule has 1 amide bonds. The number of nitrogens with zero attached hydrogens (tertiary/aromatic N) is 1. The van der Waals surface area contributed by atoms with Gasteiger partial charge in [-0.15, -0.1) is 0 Å². The van der Waals surface area contributed by atoms with Crippen molar-refractivity contribution in [3.05, 3.63) is 73.4 Å². The lowest BCUT2D eigenvalue weighted by Crippen LogP contribution is -2.42. The van der Waals surface area contributed by atoms with Crippen molar-refractivity contribution in [3.8, 4) is 0 Å². The zero-order valence-electron chi connectivity index (χ0n) is 18.2. The van der Waals surface area contributed by atoms with Crippen LogP contribution in [0.2, 0.25) is 10.0 Å². The van der Waals surface area contributed by atoms with Crippen LogP contribution in [0.1, 0.15) is 36.2 Å². The maximum absolute atomic E-state index is 14.7. The molecule has 0 bridgehead atoms. The fourth-order valence-electron chi connectivity index (χ4n) is 4.42. The maximum Gasteiger partial charge on any atom is 0.256 e. The van der Waals surface area contributed by atoms with Gasteiger partial charge in [0.25, 0.3) is 5.56 Å². The number of aromatic amines is 1. The zero-order chi connectivity index (χ0) is 23.7. The van der Waals surface area contributed by atoms with E-state index in [-0.39, 0.29) is 35.1 Å². The molecule has 2 heterocycles. The molecule has 1 atom stereocenters. The molecule has 0 spiro atoms. The van der Waals surface area contributed by atoms with Crippen molar-refractivity contribution in [2.45, 2.75) is 32.2 Å². The highest BCUT2D eigenvalue weighted by molar-refractivity contribution is 6.35. The van der Waals surface area contributed by atoms with Gasteiger partial charge in [0.05, 0.1) is 23.7 Å². The van der Waals surface area contributed by atoms with Crippen molar-refractivity contribution in [2.75, 3.05) is 25.0 Å². The lowest BCUT2D eigenvalue weighted by molar-refractivity contribution is -0.131. The predicted octanol–water partition coefficient (Wildman–Crippen LogP) is 4.42. The van der Waals surface area contributed by atoms with E-state index in [0.29, 0.717) is 41.4 Å². The second-order valence-corrected chi connectivity index (χ2v) is 9.11. The highest BCUT2D eigenvalue weighted by Gasteiger charge is 2.29. The van der Waals surface area contributed by atoms with Crippen LogP contribution in [0.15, 0.2) is 35.1 Å². The number of pyridine rings is 1. The average molecular weight is 491 g/mol. The van der Waals surface area contributed by atoms with E-state index in [4.69, 9.17) is 28.9 Å². The Balaban J connectivity index is 1.52. The maximum atomic E-state index is 14.7. The van der Waals surface area contributed by atoms with Gasteiger partial charge in [0.15, 0.2) is 0 Å². The van der Waals surface area contributed by atoms with Crippen LogP contribution in [0.3, 0.4) is 0 Å². The second-order valence-electron chi connectivity index (χ2n) is 8.26. The number of aryl methyl sites for hydroxylation is 1. The number of amides is 1. The van der Waals surface area contributed by atoms with Crippen molar-refractivity contribution in [3.63, 3.8) is 0 Å². The van der Waals surface area contributed by atoms with E-state index in [1.165, 1.54) is 6.07 Å². The fourth-order valence-corrected chi connectivity index (χ4v) is 5.12. The number of fused-ring (bicyclic) bond motifs is 2. The SMILES string of the molecule is C[C@H]1c2c(Cl)cc(Cl)cc2CCN1C(=O)CNc1cc2cc(CCCN)[nH]c(=O)c2cc1F. The fraction of sp³-hybridized carbons (Fsp3) is 0.333. The number of halogens is 3. The van der Waals surface area contributed by atoms with Crippen LogP contribution in [0.5, 0.6) is 0 Å². The minimum atomic E-state index is -0.592. The van der Waals surface area contributed by atoms with Gasteiger partial charge in [0.2, 0.25) is 5.91 Å². The topological polar surface area (TPSA) is 91.2 Å². The minimum Gasteiger partial charge on any atom is -0.374 e. The first kappa shape index (κ1) is 23.5. The summed E-state index contributed by atoms with van der Waals surface area (Å²) >= 11 is 12.5. The number of carbonyl (C=O) groups is 1. The second kappa shape index (κ2) is 9.71. The van der Waals surface area contributed by atoms with Crippen LogP contribution in [-0.2, 0) is 17.6 Å². The summed E-state index contributed by atoms with van der Waals surface area (Å²) in [5.41, 5.74) is 8.04. The normalized spacial score (nSPS) is 15.5. The van der Waals surface area contributed by atoms with Gasteiger partial charge in [-0.05, 0) is 79.6 Å². The average Bonchev–Trinajstić information content (AvgIpc) is 2.76. The monoisotopic (exact) mass is 490 g/mol. The molecule has 0 radical (unpaired) electrons. The van der Waals surface area contributed by atoms with Crippen LogP contribution in [0.4, 0.5) is 10.1 Å². The lowest BCUT2D eigenvalue weighted by atomic mass is 9.93. The first-order valence-corrected chi connectivity index (χ1v) is 11.6. The number of benzene rings is 2. The van der Waals surface area contributed by atoms with Gasteiger partial charge < -0.3 is 20.9 Å². The van der Waals surface area contributed by atoms with E-state index < -0.39 is 5.82 Å². The van der Waals surface area contributed by atoms with Crippen molar-refractivity contribution in [2.24, 2.45) is 5.73 Å². The van der Waals surface area contributed by atoms with Crippen molar-refractivity contribution in [1.82, 2.24) is 9.88 Å². The third kappa shape index (κ3) is 4.86.